The van der Waals surface area contributed by atoms with Crippen molar-refractivity contribution in [1.29, 1.82) is 0 Å². The van der Waals surface area contributed by atoms with Crippen molar-refractivity contribution in [3.05, 3.63) is 72.4 Å². The van der Waals surface area contributed by atoms with E-state index >= 15 is 0 Å². The Kier molecular flexibility index (Phi) is 3.02. The zero-order chi connectivity index (χ0) is 13.1. The molecule has 1 aromatic heterocycles. The first-order valence-corrected chi connectivity index (χ1v) is 6.27. The number of aromatic nitrogens is 2. The summed E-state index contributed by atoms with van der Waals surface area (Å²) in [5, 5.41) is 7.85. The van der Waals surface area contributed by atoms with Crippen LogP contribution in [0.4, 0.5) is 11.5 Å². The van der Waals surface area contributed by atoms with Gasteiger partial charge in [0.15, 0.2) is 5.82 Å². The number of anilines is 2. The fraction of sp³-hybridized carbons (Fsp3) is 0.0625. The molecule has 0 aliphatic rings. The highest BCUT2D eigenvalue weighted by molar-refractivity contribution is 5.59. The van der Waals surface area contributed by atoms with Crippen molar-refractivity contribution < 1.29 is 0 Å². The minimum Gasteiger partial charge on any atom is -0.339 e. The van der Waals surface area contributed by atoms with Gasteiger partial charge >= 0.3 is 0 Å². The molecule has 0 amide bonds. The molecule has 3 nitrogen and oxygen atoms in total. The third-order valence-corrected chi connectivity index (χ3v) is 3.02. The van der Waals surface area contributed by atoms with Crippen LogP contribution in [0, 0.1) is 6.92 Å². The Hall–Kier alpha value is -2.55. The molecule has 0 unspecified atom stereocenters. The quantitative estimate of drug-likeness (QED) is 0.762. The van der Waals surface area contributed by atoms with E-state index in [-0.39, 0.29) is 0 Å². The van der Waals surface area contributed by atoms with Crippen LogP contribution < -0.4 is 5.32 Å². The number of nitrogens with one attached hydrogen (secondary N) is 1. The van der Waals surface area contributed by atoms with Gasteiger partial charge in [-0.1, -0.05) is 36.4 Å². The summed E-state index contributed by atoms with van der Waals surface area (Å²) in [6.45, 7) is 2.08. The third-order valence-electron chi connectivity index (χ3n) is 3.02. The monoisotopic (exact) mass is 249 g/mol. The second kappa shape index (κ2) is 4.98. The molecule has 0 saturated heterocycles. The van der Waals surface area contributed by atoms with Gasteiger partial charge in [-0.15, -0.1) is 0 Å². The molecule has 1 N–H and O–H groups in total. The molecule has 0 aliphatic heterocycles. The van der Waals surface area contributed by atoms with Crippen molar-refractivity contribution in [2.75, 3.05) is 5.32 Å². The lowest BCUT2D eigenvalue weighted by Gasteiger charge is -2.06. The summed E-state index contributed by atoms with van der Waals surface area (Å²) in [6.07, 6.45) is 1.95. The molecule has 0 spiro atoms. The molecule has 0 fully saturated rings. The molecule has 19 heavy (non-hydrogen) atoms. The van der Waals surface area contributed by atoms with Gasteiger partial charge < -0.3 is 5.32 Å². The molecule has 0 saturated carbocycles. The molecule has 2 aromatic carbocycles. The van der Waals surface area contributed by atoms with Crippen molar-refractivity contribution in [3.8, 4) is 5.69 Å². The average molecular weight is 249 g/mol. The van der Waals surface area contributed by atoms with Crippen molar-refractivity contribution in [2.45, 2.75) is 6.92 Å². The summed E-state index contributed by atoms with van der Waals surface area (Å²) in [4.78, 5) is 0. The van der Waals surface area contributed by atoms with E-state index in [2.05, 4.69) is 29.5 Å². The zero-order valence-corrected chi connectivity index (χ0v) is 10.7. The Morgan fingerprint density at radius 3 is 2.42 bits per heavy atom. The third kappa shape index (κ3) is 2.50. The van der Waals surface area contributed by atoms with E-state index in [0.717, 1.165) is 17.2 Å². The minimum atomic E-state index is 0.846. The van der Waals surface area contributed by atoms with Gasteiger partial charge in [0.25, 0.3) is 0 Å². The van der Waals surface area contributed by atoms with Crippen LogP contribution in [-0.4, -0.2) is 9.78 Å². The average Bonchev–Trinajstić information content (AvgIpc) is 2.91. The van der Waals surface area contributed by atoms with Gasteiger partial charge in [0.05, 0.1) is 5.69 Å². The van der Waals surface area contributed by atoms with Gasteiger partial charge in [-0.25, -0.2) is 4.68 Å². The molecule has 3 rings (SSSR count). The largest absolute Gasteiger partial charge is 0.339 e. The maximum Gasteiger partial charge on any atom is 0.152 e. The van der Waals surface area contributed by atoms with Crippen LogP contribution in [0.5, 0.6) is 0 Å². The highest BCUT2D eigenvalue weighted by atomic mass is 15.3. The first kappa shape index (κ1) is 11.5. The first-order chi connectivity index (χ1) is 9.33. The topological polar surface area (TPSA) is 29.9 Å². The summed E-state index contributed by atoms with van der Waals surface area (Å²) in [5.41, 5.74) is 3.35. The SMILES string of the molecule is Cc1ccccc1Nc1ccn(-c2ccccc2)n1. The van der Waals surface area contributed by atoms with E-state index in [9.17, 15) is 0 Å². The second-order valence-corrected chi connectivity index (χ2v) is 4.42. The van der Waals surface area contributed by atoms with Crippen LogP contribution in [0.15, 0.2) is 66.9 Å². The van der Waals surface area contributed by atoms with Crippen LogP contribution in [0.25, 0.3) is 5.69 Å². The Morgan fingerprint density at radius 1 is 0.895 bits per heavy atom. The number of benzene rings is 2. The molecule has 0 aliphatic carbocycles. The molecule has 0 bridgehead atoms. The van der Waals surface area contributed by atoms with Gasteiger partial charge in [-0.2, -0.15) is 5.10 Å². The molecule has 0 atom stereocenters. The van der Waals surface area contributed by atoms with Crippen molar-refractivity contribution in [2.24, 2.45) is 0 Å². The van der Waals surface area contributed by atoms with E-state index in [0.29, 0.717) is 0 Å². The van der Waals surface area contributed by atoms with Gasteiger partial charge in [0.1, 0.15) is 0 Å². The van der Waals surface area contributed by atoms with Gasteiger partial charge in [-0.05, 0) is 30.7 Å². The molecule has 0 radical (unpaired) electrons. The number of aryl methyl sites for hydroxylation is 1. The summed E-state index contributed by atoms with van der Waals surface area (Å²) in [6, 6.07) is 20.2. The highest BCUT2D eigenvalue weighted by Crippen LogP contribution is 2.19. The molecule has 1 heterocycles. The normalized spacial score (nSPS) is 10.4. The highest BCUT2D eigenvalue weighted by Gasteiger charge is 2.02. The number of nitrogens with zero attached hydrogens (tertiary/aromatic N) is 2. The fourth-order valence-electron chi connectivity index (χ4n) is 1.97. The number of para-hydroxylation sites is 2. The van der Waals surface area contributed by atoms with E-state index in [1.165, 1.54) is 5.56 Å². The van der Waals surface area contributed by atoms with Gasteiger partial charge in [-0.3, -0.25) is 0 Å². The Morgan fingerprint density at radius 2 is 1.63 bits per heavy atom. The van der Waals surface area contributed by atoms with E-state index < -0.39 is 0 Å². The van der Waals surface area contributed by atoms with Crippen LogP contribution in [-0.2, 0) is 0 Å². The summed E-state index contributed by atoms with van der Waals surface area (Å²) >= 11 is 0. The molecular formula is C16H15N3. The Labute approximate surface area is 112 Å². The molecular weight excluding hydrogens is 234 g/mol. The summed E-state index contributed by atoms with van der Waals surface area (Å²) in [7, 11) is 0. The lowest BCUT2D eigenvalue weighted by Crippen LogP contribution is -1.97. The maximum atomic E-state index is 4.52. The molecule has 94 valence electrons. The van der Waals surface area contributed by atoms with Crippen LogP contribution >= 0.6 is 0 Å². The predicted octanol–water partition coefficient (Wildman–Crippen LogP) is 3.92. The Balaban J connectivity index is 1.85. The van der Waals surface area contributed by atoms with E-state index in [4.69, 9.17) is 0 Å². The number of hydrogen-bond acceptors (Lipinski definition) is 2. The van der Waals surface area contributed by atoms with Crippen LogP contribution in [0.3, 0.4) is 0 Å². The van der Waals surface area contributed by atoms with E-state index in [1.54, 1.807) is 0 Å². The maximum absolute atomic E-state index is 4.52. The van der Waals surface area contributed by atoms with Crippen molar-refractivity contribution in [1.82, 2.24) is 9.78 Å². The molecule has 3 heteroatoms. The smallest absolute Gasteiger partial charge is 0.152 e. The lowest BCUT2D eigenvalue weighted by atomic mass is 10.2. The Bertz CT molecular complexity index is 671. The first-order valence-electron chi connectivity index (χ1n) is 6.27. The standard InChI is InChI=1S/C16H15N3/c1-13-7-5-6-10-15(13)17-16-11-12-19(18-16)14-8-3-2-4-9-14/h2-12H,1H3,(H,17,18). The summed E-state index contributed by atoms with van der Waals surface area (Å²) < 4.78 is 1.86. The number of hydrogen-bond donors (Lipinski definition) is 1. The lowest BCUT2D eigenvalue weighted by molar-refractivity contribution is 0.884. The van der Waals surface area contributed by atoms with Crippen molar-refractivity contribution in [3.63, 3.8) is 0 Å². The second-order valence-electron chi connectivity index (χ2n) is 4.42. The summed E-state index contributed by atoms with van der Waals surface area (Å²) in [5.74, 6) is 0.846. The number of rotatable bonds is 3. The van der Waals surface area contributed by atoms with Crippen LogP contribution in [0.1, 0.15) is 5.56 Å². The van der Waals surface area contributed by atoms with Gasteiger partial charge in [0.2, 0.25) is 0 Å². The van der Waals surface area contributed by atoms with Crippen molar-refractivity contribution >= 4 is 11.5 Å². The fourth-order valence-corrected chi connectivity index (χ4v) is 1.97. The molecule has 3 aromatic rings. The predicted molar refractivity (Wildman–Crippen MR) is 78.0 cm³/mol. The minimum absolute atomic E-state index is 0.846. The van der Waals surface area contributed by atoms with E-state index in [1.807, 2.05) is 59.4 Å². The zero-order valence-electron chi connectivity index (χ0n) is 10.7. The van der Waals surface area contributed by atoms with Crippen LogP contribution in [0.2, 0.25) is 0 Å². The van der Waals surface area contributed by atoms with Gasteiger partial charge in [0, 0.05) is 18.0 Å².